The van der Waals surface area contributed by atoms with E-state index in [1.807, 2.05) is 24.3 Å². The Labute approximate surface area is 129 Å². The van der Waals surface area contributed by atoms with Gasteiger partial charge in [0.1, 0.15) is 5.69 Å². The van der Waals surface area contributed by atoms with E-state index in [-0.39, 0.29) is 5.91 Å². The lowest BCUT2D eigenvalue weighted by molar-refractivity contribution is 0.0945. The van der Waals surface area contributed by atoms with Crippen LogP contribution in [0.1, 0.15) is 22.6 Å². The molecule has 0 radical (unpaired) electrons. The first-order valence-corrected chi connectivity index (χ1v) is 7.16. The highest BCUT2D eigenvalue weighted by atomic mass is 16.5. The molecule has 0 saturated carbocycles. The number of aromatic nitrogens is 2. The summed E-state index contributed by atoms with van der Waals surface area (Å²) < 4.78 is 4.98. The summed E-state index contributed by atoms with van der Waals surface area (Å²) in [4.78, 5) is 20.3. The van der Waals surface area contributed by atoms with Crippen molar-refractivity contribution in [3.63, 3.8) is 0 Å². The van der Waals surface area contributed by atoms with Crippen LogP contribution < -0.4 is 10.6 Å². The van der Waals surface area contributed by atoms with Crippen molar-refractivity contribution in [1.82, 2.24) is 15.3 Å². The van der Waals surface area contributed by atoms with Crippen molar-refractivity contribution in [1.29, 1.82) is 0 Å². The van der Waals surface area contributed by atoms with E-state index in [0.29, 0.717) is 18.8 Å². The molecule has 2 rings (SSSR count). The highest BCUT2D eigenvalue weighted by Crippen LogP contribution is 2.06. The number of rotatable bonds is 8. The third kappa shape index (κ3) is 5.14. The largest absolute Gasteiger partial charge is 0.385 e. The number of hydrogen-bond donors (Lipinski definition) is 2. The molecular weight excluding hydrogens is 280 g/mol. The highest BCUT2D eigenvalue weighted by Gasteiger charge is 2.06. The van der Waals surface area contributed by atoms with E-state index in [2.05, 4.69) is 20.6 Å². The molecule has 0 unspecified atom stereocenters. The van der Waals surface area contributed by atoms with Crippen molar-refractivity contribution in [2.45, 2.75) is 13.0 Å². The fourth-order valence-electron chi connectivity index (χ4n) is 1.85. The van der Waals surface area contributed by atoms with Gasteiger partial charge in [-0.05, 0) is 30.7 Å². The number of carbonyl (C=O) groups is 1. The second-order valence-electron chi connectivity index (χ2n) is 4.71. The number of anilines is 1. The van der Waals surface area contributed by atoms with E-state index in [4.69, 9.17) is 4.74 Å². The molecule has 0 aliphatic rings. The Balaban J connectivity index is 1.80. The third-order valence-electron chi connectivity index (χ3n) is 3.01. The zero-order chi connectivity index (χ0) is 15.6. The van der Waals surface area contributed by atoms with Gasteiger partial charge in [0.2, 0.25) is 0 Å². The lowest BCUT2D eigenvalue weighted by Crippen LogP contribution is -2.24. The number of carbonyl (C=O) groups excluding carboxylic acids is 1. The van der Waals surface area contributed by atoms with Crippen LogP contribution >= 0.6 is 0 Å². The minimum atomic E-state index is -0.211. The molecule has 0 aliphatic carbocycles. The second-order valence-corrected chi connectivity index (χ2v) is 4.71. The average molecular weight is 300 g/mol. The van der Waals surface area contributed by atoms with Crippen molar-refractivity contribution in [2.75, 3.05) is 25.6 Å². The number of nitrogens with zero attached hydrogens (tertiary/aromatic N) is 2. The normalized spacial score (nSPS) is 10.2. The smallest absolute Gasteiger partial charge is 0.270 e. The third-order valence-corrected chi connectivity index (χ3v) is 3.01. The van der Waals surface area contributed by atoms with Crippen molar-refractivity contribution < 1.29 is 9.53 Å². The maximum atomic E-state index is 12.0. The Bertz CT molecular complexity index is 572. The van der Waals surface area contributed by atoms with Crippen LogP contribution in [-0.4, -0.2) is 36.1 Å². The molecule has 0 atom stereocenters. The monoisotopic (exact) mass is 300 g/mol. The summed E-state index contributed by atoms with van der Waals surface area (Å²) in [5, 5.41) is 6.01. The van der Waals surface area contributed by atoms with Gasteiger partial charge < -0.3 is 15.4 Å². The van der Waals surface area contributed by atoms with Crippen LogP contribution in [0.2, 0.25) is 0 Å². The molecule has 116 valence electrons. The Morgan fingerprint density at radius 3 is 2.82 bits per heavy atom. The van der Waals surface area contributed by atoms with Gasteiger partial charge >= 0.3 is 0 Å². The van der Waals surface area contributed by atoms with Crippen LogP contribution in [0.15, 0.2) is 42.7 Å². The summed E-state index contributed by atoms with van der Waals surface area (Å²) in [5.41, 5.74) is 2.09. The molecule has 2 heterocycles. The van der Waals surface area contributed by atoms with E-state index in [9.17, 15) is 4.79 Å². The van der Waals surface area contributed by atoms with Gasteiger partial charge in [-0.1, -0.05) is 6.07 Å². The fourth-order valence-corrected chi connectivity index (χ4v) is 1.85. The van der Waals surface area contributed by atoms with Gasteiger partial charge in [-0.2, -0.15) is 0 Å². The standard InChI is InChI=1S/C16H20N4O2/c1-22-10-4-9-18-14-6-7-15(19-11-14)16(21)20-12-13-5-2-3-8-17-13/h2-3,5-8,11,18H,4,9-10,12H2,1H3,(H,20,21). The van der Waals surface area contributed by atoms with Gasteiger partial charge in [-0.3, -0.25) is 9.78 Å². The number of hydrogen-bond acceptors (Lipinski definition) is 5. The molecule has 2 aromatic rings. The van der Waals surface area contributed by atoms with Crippen molar-refractivity contribution in [3.05, 3.63) is 54.1 Å². The maximum absolute atomic E-state index is 12.0. The van der Waals surface area contributed by atoms with Gasteiger partial charge in [0.15, 0.2) is 0 Å². The summed E-state index contributed by atoms with van der Waals surface area (Å²) in [6, 6.07) is 9.13. The predicted octanol–water partition coefficient (Wildman–Crippen LogP) is 1.85. The molecule has 0 saturated heterocycles. The number of ether oxygens (including phenoxy) is 1. The first kappa shape index (κ1) is 15.9. The van der Waals surface area contributed by atoms with Gasteiger partial charge in [0.25, 0.3) is 5.91 Å². The minimum Gasteiger partial charge on any atom is -0.385 e. The summed E-state index contributed by atoms with van der Waals surface area (Å²) in [7, 11) is 1.68. The summed E-state index contributed by atoms with van der Waals surface area (Å²) in [6.45, 7) is 1.91. The predicted molar refractivity (Wildman–Crippen MR) is 84.6 cm³/mol. The van der Waals surface area contributed by atoms with Crippen LogP contribution in [0.4, 0.5) is 5.69 Å². The van der Waals surface area contributed by atoms with Crippen molar-refractivity contribution in [3.8, 4) is 0 Å². The Morgan fingerprint density at radius 1 is 1.23 bits per heavy atom. The second kappa shape index (κ2) is 8.74. The summed E-state index contributed by atoms with van der Waals surface area (Å²) >= 11 is 0. The van der Waals surface area contributed by atoms with Crippen LogP contribution in [0.5, 0.6) is 0 Å². The van der Waals surface area contributed by atoms with Crippen LogP contribution in [0.25, 0.3) is 0 Å². The zero-order valence-electron chi connectivity index (χ0n) is 12.6. The van der Waals surface area contributed by atoms with E-state index >= 15 is 0 Å². The van der Waals surface area contributed by atoms with Crippen molar-refractivity contribution in [2.24, 2.45) is 0 Å². The SMILES string of the molecule is COCCCNc1ccc(C(=O)NCc2ccccn2)nc1. The lowest BCUT2D eigenvalue weighted by Gasteiger charge is -2.07. The molecule has 22 heavy (non-hydrogen) atoms. The number of pyridine rings is 2. The topological polar surface area (TPSA) is 76.1 Å². The molecule has 2 aromatic heterocycles. The molecule has 6 heteroatoms. The van der Waals surface area contributed by atoms with E-state index in [1.165, 1.54) is 0 Å². The zero-order valence-corrected chi connectivity index (χ0v) is 12.6. The quantitative estimate of drug-likeness (QED) is 0.728. The Hall–Kier alpha value is -2.47. The first-order valence-electron chi connectivity index (χ1n) is 7.16. The molecule has 1 amide bonds. The molecule has 0 aliphatic heterocycles. The molecule has 0 spiro atoms. The first-order chi connectivity index (χ1) is 10.8. The maximum Gasteiger partial charge on any atom is 0.270 e. The van der Waals surface area contributed by atoms with E-state index in [0.717, 1.165) is 24.3 Å². The molecular formula is C16H20N4O2. The Kier molecular flexibility index (Phi) is 6.32. The van der Waals surface area contributed by atoms with E-state index < -0.39 is 0 Å². The van der Waals surface area contributed by atoms with E-state index in [1.54, 1.807) is 25.6 Å². The number of nitrogens with one attached hydrogen (secondary N) is 2. The summed E-state index contributed by atoms with van der Waals surface area (Å²) in [5.74, 6) is -0.211. The van der Waals surface area contributed by atoms with Crippen molar-refractivity contribution >= 4 is 11.6 Å². The summed E-state index contributed by atoms with van der Waals surface area (Å²) in [6.07, 6.45) is 4.27. The molecule has 0 bridgehead atoms. The fraction of sp³-hybridized carbons (Fsp3) is 0.312. The van der Waals surface area contributed by atoms with Crippen LogP contribution in [-0.2, 0) is 11.3 Å². The highest BCUT2D eigenvalue weighted by molar-refractivity contribution is 5.92. The number of methoxy groups -OCH3 is 1. The number of amides is 1. The van der Waals surface area contributed by atoms with Gasteiger partial charge in [-0.25, -0.2) is 4.98 Å². The molecule has 0 aromatic carbocycles. The molecule has 0 fully saturated rings. The van der Waals surface area contributed by atoms with Gasteiger partial charge in [0.05, 0.1) is 24.1 Å². The van der Waals surface area contributed by atoms with Crippen LogP contribution in [0.3, 0.4) is 0 Å². The van der Waals surface area contributed by atoms with Gasteiger partial charge in [-0.15, -0.1) is 0 Å². The lowest BCUT2D eigenvalue weighted by atomic mass is 10.3. The molecule has 6 nitrogen and oxygen atoms in total. The molecule has 2 N–H and O–H groups in total. The van der Waals surface area contributed by atoms with Crippen LogP contribution in [0, 0.1) is 0 Å². The Morgan fingerprint density at radius 2 is 2.14 bits per heavy atom. The average Bonchev–Trinajstić information content (AvgIpc) is 2.58. The minimum absolute atomic E-state index is 0.211. The van der Waals surface area contributed by atoms with Gasteiger partial charge in [0, 0.05) is 26.5 Å².